The Labute approximate surface area is 192 Å². The fraction of sp³-hybridized carbons (Fsp3) is 0.381. The van der Waals surface area contributed by atoms with Crippen LogP contribution in [0.4, 0.5) is 5.69 Å². The van der Waals surface area contributed by atoms with Crippen LogP contribution in [0.15, 0.2) is 53.4 Å². The standard InChI is InChI=1S/C21H25NO4S.Na/c1-2-25-19(21(23)24)15-16-7-9-17(10-8-16)26-13-11-22-12-14-27-20-6-4-3-5-18(20)22;/h3-10,19H,2,11-15H2,1H3,(H,23,24);/q;+1/p-1. The third kappa shape index (κ3) is 6.42. The van der Waals surface area contributed by atoms with Crippen LogP contribution < -0.4 is 44.3 Å². The van der Waals surface area contributed by atoms with Crippen molar-refractivity contribution >= 4 is 23.4 Å². The molecule has 1 atom stereocenters. The number of carbonyl (C=O) groups excluding carboxylic acids is 1. The third-order valence-corrected chi connectivity index (χ3v) is 5.47. The predicted molar refractivity (Wildman–Crippen MR) is 105 cm³/mol. The molecule has 0 N–H and O–H groups in total. The number of anilines is 1. The molecule has 0 aromatic heterocycles. The van der Waals surface area contributed by atoms with Crippen molar-refractivity contribution in [2.24, 2.45) is 0 Å². The number of carbonyl (C=O) groups is 1. The van der Waals surface area contributed by atoms with Gasteiger partial charge in [0.05, 0.1) is 18.2 Å². The fourth-order valence-corrected chi connectivity index (χ4v) is 4.13. The molecule has 0 amide bonds. The van der Waals surface area contributed by atoms with Crippen LogP contribution in [0.2, 0.25) is 0 Å². The summed E-state index contributed by atoms with van der Waals surface area (Å²) in [5.74, 6) is 0.683. The first-order valence-corrected chi connectivity index (χ1v) is 10.2. The SMILES string of the molecule is CCOC(Cc1ccc(OCCN2CCSc3ccccc32)cc1)C(=O)[O-].[Na+]. The van der Waals surface area contributed by atoms with E-state index < -0.39 is 12.1 Å². The second-order valence-corrected chi connectivity index (χ2v) is 7.40. The van der Waals surface area contributed by atoms with Crippen molar-refractivity contribution < 1.29 is 48.9 Å². The summed E-state index contributed by atoms with van der Waals surface area (Å²) in [6.45, 7) is 4.56. The molecule has 28 heavy (non-hydrogen) atoms. The number of hydrogen-bond acceptors (Lipinski definition) is 6. The summed E-state index contributed by atoms with van der Waals surface area (Å²) in [6.07, 6.45) is -0.627. The van der Waals surface area contributed by atoms with E-state index in [1.807, 2.05) is 36.0 Å². The fourth-order valence-electron chi connectivity index (χ4n) is 3.08. The van der Waals surface area contributed by atoms with Gasteiger partial charge in [-0.3, -0.25) is 0 Å². The topological polar surface area (TPSA) is 61.8 Å². The Bertz CT molecular complexity index is 756. The van der Waals surface area contributed by atoms with Gasteiger partial charge in [-0.2, -0.15) is 0 Å². The Morgan fingerprint density at radius 3 is 2.68 bits per heavy atom. The largest absolute Gasteiger partial charge is 1.00 e. The average molecular weight is 409 g/mol. The van der Waals surface area contributed by atoms with E-state index in [-0.39, 0.29) is 29.6 Å². The zero-order valence-electron chi connectivity index (χ0n) is 16.4. The monoisotopic (exact) mass is 409 g/mol. The van der Waals surface area contributed by atoms with Crippen molar-refractivity contribution in [1.82, 2.24) is 0 Å². The number of thioether (sulfide) groups is 1. The molecule has 7 heteroatoms. The molecule has 1 aliphatic heterocycles. The Balaban J connectivity index is 0.00000280. The maximum atomic E-state index is 11.1. The number of hydrogen-bond donors (Lipinski definition) is 0. The summed E-state index contributed by atoms with van der Waals surface area (Å²) >= 11 is 1.90. The molecular formula is C21H24NNaO4S. The number of benzene rings is 2. The second kappa shape index (κ2) is 11.7. The number of fused-ring (bicyclic) bond motifs is 1. The van der Waals surface area contributed by atoms with Crippen LogP contribution in [0.3, 0.4) is 0 Å². The number of para-hydroxylation sites is 1. The quantitative estimate of drug-likeness (QED) is 0.515. The summed E-state index contributed by atoms with van der Waals surface area (Å²) in [4.78, 5) is 14.8. The first-order chi connectivity index (χ1) is 13.2. The molecule has 0 radical (unpaired) electrons. The predicted octanol–water partition coefficient (Wildman–Crippen LogP) is -0.621. The Hall–Kier alpha value is -1.18. The van der Waals surface area contributed by atoms with Crippen LogP contribution in [0.1, 0.15) is 12.5 Å². The van der Waals surface area contributed by atoms with E-state index in [0.717, 1.165) is 30.2 Å². The summed E-state index contributed by atoms with van der Waals surface area (Å²) < 4.78 is 11.1. The smallest absolute Gasteiger partial charge is 0.547 e. The molecule has 0 spiro atoms. The third-order valence-electron chi connectivity index (χ3n) is 4.43. The molecule has 1 heterocycles. The van der Waals surface area contributed by atoms with Gasteiger partial charge in [-0.25, -0.2) is 0 Å². The van der Waals surface area contributed by atoms with Crippen LogP contribution in [-0.4, -0.2) is 44.1 Å². The van der Waals surface area contributed by atoms with Crippen molar-refractivity contribution in [3.8, 4) is 5.75 Å². The number of ether oxygens (including phenoxy) is 2. The van der Waals surface area contributed by atoms with Crippen molar-refractivity contribution in [3.63, 3.8) is 0 Å². The van der Waals surface area contributed by atoms with E-state index in [9.17, 15) is 9.90 Å². The summed E-state index contributed by atoms with van der Waals surface area (Å²) in [7, 11) is 0. The maximum Gasteiger partial charge on any atom is 1.00 e. The second-order valence-electron chi connectivity index (χ2n) is 6.26. The molecule has 144 valence electrons. The van der Waals surface area contributed by atoms with Crippen LogP contribution in [0.5, 0.6) is 5.75 Å². The van der Waals surface area contributed by atoms with Crippen LogP contribution in [0, 0.1) is 0 Å². The Morgan fingerprint density at radius 1 is 1.21 bits per heavy atom. The van der Waals surface area contributed by atoms with Crippen LogP contribution in [0.25, 0.3) is 0 Å². The van der Waals surface area contributed by atoms with E-state index in [0.29, 0.717) is 19.6 Å². The number of carboxylic acid groups (broad SMARTS) is 1. The van der Waals surface area contributed by atoms with E-state index in [4.69, 9.17) is 9.47 Å². The van der Waals surface area contributed by atoms with Crippen molar-refractivity contribution in [2.75, 3.05) is 37.0 Å². The summed E-state index contributed by atoms with van der Waals surface area (Å²) in [5.41, 5.74) is 2.16. The zero-order chi connectivity index (χ0) is 19.1. The van der Waals surface area contributed by atoms with Crippen molar-refractivity contribution in [2.45, 2.75) is 24.3 Å². The molecule has 2 aromatic carbocycles. The van der Waals surface area contributed by atoms with Gasteiger partial charge in [-0.1, -0.05) is 24.3 Å². The number of rotatable bonds is 9. The number of nitrogens with zero attached hydrogens (tertiary/aromatic N) is 1. The number of carboxylic acids is 1. The van der Waals surface area contributed by atoms with Gasteiger partial charge in [-0.15, -0.1) is 11.8 Å². The van der Waals surface area contributed by atoms with Gasteiger partial charge in [-0.05, 0) is 36.8 Å². The molecule has 5 nitrogen and oxygen atoms in total. The van der Waals surface area contributed by atoms with Gasteiger partial charge in [0.1, 0.15) is 18.5 Å². The van der Waals surface area contributed by atoms with Crippen LogP contribution in [-0.2, 0) is 16.0 Å². The molecule has 2 aromatic rings. The van der Waals surface area contributed by atoms with E-state index in [1.165, 1.54) is 10.6 Å². The van der Waals surface area contributed by atoms with Gasteiger partial charge in [0, 0.05) is 30.2 Å². The van der Waals surface area contributed by atoms with Crippen molar-refractivity contribution in [3.05, 3.63) is 54.1 Å². The summed E-state index contributed by atoms with van der Waals surface area (Å²) in [6, 6.07) is 15.9. The molecule has 1 aliphatic rings. The minimum absolute atomic E-state index is 0. The van der Waals surface area contributed by atoms with Crippen molar-refractivity contribution in [1.29, 1.82) is 0 Å². The molecule has 3 rings (SSSR count). The molecular weight excluding hydrogens is 385 g/mol. The molecule has 0 saturated heterocycles. The molecule has 0 aliphatic carbocycles. The van der Waals surface area contributed by atoms with Gasteiger partial charge in [0.25, 0.3) is 0 Å². The van der Waals surface area contributed by atoms with E-state index in [1.54, 1.807) is 6.92 Å². The molecule has 0 bridgehead atoms. The Morgan fingerprint density at radius 2 is 1.96 bits per heavy atom. The van der Waals surface area contributed by atoms with Crippen LogP contribution >= 0.6 is 11.8 Å². The van der Waals surface area contributed by atoms with Gasteiger partial charge in [0.15, 0.2) is 0 Å². The minimum atomic E-state index is -1.18. The summed E-state index contributed by atoms with van der Waals surface area (Å²) in [5, 5.41) is 11.1. The molecule has 0 saturated carbocycles. The maximum absolute atomic E-state index is 11.1. The van der Waals surface area contributed by atoms with E-state index in [2.05, 4.69) is 29.2 Å². The van der Waals surface area contributed by atoms with Gasteiger partial charge < -0.3 is 24.3 Å². The molecule has 1 unspecified atom stereocenters. The normalized spacial score (nSPS) is 14.0. The average Bonchev–Trinajstić information content (AvgIpc) is 2.69. The number of aliphatic carboxylic acids is 1. The first kappa shape index (κ1) is 23.1. The molecule has 0 fully saturated rings. The zero-order valence-corrected chi connectivity index (χ0v) is 19.2. The Kier molecular flexibility index (Phi) is 9.68. The van der Waals surface area contributed by atoms with Gasteiger partial charge in [0.2, 0.25) is 0 Å². The van der Waals surface area contributed by atoms with E-state index >= 15 is 0 Å². The first-order valence-electron chi connectivity index (χ1n) is 9.18. The minimum Gasteiger partial charge on any atom is -0.547 e. The van der Waals surface area contributed by atoms with Gasteiger partial charge >= 0.3 is 29.6 Å².